The molecule has 1 aromatic carbocycles. The fraction of sp³-hybridized carbons (Fsp3) is 0.292. The third kappa shape index (κ3) is 4.76. The van der Waals surface area contributed by atoms with E-state index in [0.29, 0.717) is 29.4 Å². The SMILES string of the molecule is Cc1ncc(-c2cc(NC[C@@H](C)C(C)c3cccc4c(C(F)F)c(F)cnc34)ncn2)cn1. The molecule has 0 aliphatic rings. The molecule has 0 fully saturated rings. The molecule has 3 aromatic heterocycles. The largest absolute Gasteiger partial charge is 0.370 e. The maximum Gasteiger partial charge on any atom is 0.267 e. The Hall–Kier alpha value is -3.62. The predicted octanol–water partition coefficient (Wildman–Crippen LogP) is 5.72. The molecule has 0 saturated carbocycles. The Morgan fingerprint density at radius 2 is 1.73 bits per heavy atom. The zero-order valence-electron chi connectivity index (χ0n) is 18.4. The number of hydrogen-bond acceptors (Lipinski definition) is 6. The maximum atomic E-state index is 14.0. The Morgan fingerprint density at radius 1 is 0.970 bits per heavy atom. The molecule has 0 amide bonds. The van der Waals surface area contributed by atoms with Crippen molar-refractivity contribution in [1.29, 1.82) is 0 Å². The number of hydrogen-bond donors (Lipinski definition) is 1. The Bertz CT molecular complexity index is 1260. The molecule has 0 aliphatic carbocycles. The zero-order valence-corrected chi connectivity index (χ0v) is 18.4. The smallest absolute Gasteiger partial charge is 0.267 e. The fourth-order valence-electron chi connectivity index (χ4n) is 3.72. The van der Waals surface area contributed by atoms with Crippen LogP contribution in [0.5, 0.6) is 0 Å². The van der Waals surface area contributed by atoms with Crippen LogP contribution in [0.1, 0.15) is 43.1 Å². The van der Waals surface area contributed by atoms with Crippen molar-refractivity contribution in [2.24, 2.45) is 5.92 Å². The van der Waals surface area contributed by atoms with Gasteiger partial charge in [0.15, 0.2) is 5.82 Å². The molecule has 0 spiro atoms. The normalized spacial score (nSPS) is 13.3. The van der Waals surface area contributed by atoms with E-state index in [0.717, 1.165) is 17.3 Å². The van der Waals surface area contributed by atoms with E-state index in [1.807, 2.05) is 32.9 Å². The van der Waals surface area contributed by atoms with Gasteiger partial charge in [-0.25, -0.2) is 33.1 Å². The van der Waals surface area contributed by atoms with E-state index in [4.69, 9.17) is 0 Å². The van der Waals surface area contributed by atoms with Crippen molar-refractivity contribution in [3.05, 3.63) is 72.0 Å². The van der Waals surface area contributed by atoms with Crippen molar-refractivity contribution in [3.63, 3.8) is 0 Å². The third-order valence-corrected chi connectivity index (χ3v) is 5.83. The van der Waals surface area contributed by atoms with Gasteiger partial charge < -0.3 is 5.32 Å². The van der Waals surface area contributed by atoms with Crippen LogP contribution in [-0.2, 0) is 0 Å². The van der Waals surface area contributed by atoms with Gasteiger partial charge in [-0.2, -0.15) is 0 Å². The van der Waals surface area contributed by atoms with E-state index in [9.17, 15) is 13.2 Å². The summed E-state index contributed by atoms with van der Waals surface area (Å²) in [5.74, 6) is 0.406. The van der Waals surface area contributed by atoms with Crippen molar-refractivity contribution >= 4 is 16.7 Å². The van der Waals surface area contributed by atoms with Crippen molar-refractivity contribution < 1.29 is 13.2 Å². The number of fused-ring (bicyclic) bond motifs is 1. The summed E-state index contributed by atoms with van der Waals surface area (Å²) in [4.78, 5) is 21.1. The summed E-state index contributed by atoms with van der Waals surface area (Å²) in [6, 6.07) is 6.83. The molecule has 4 aromatic rings. The van der Waals surface area contributed by atoms with Crippen molar-refractivity contribution in [1.82, 2.24) is 24.9 Å². The van der Waals surface area contributed by atoms with Gasteiger partial charge in [-0.1, -0.05) is 32.0 Å². The van der Waals surface area contributed by atoms with Gasteiger partial charge in [-0.15, -0.1) is 0 Å². The lowest BCUT2D eigenvalue weighted by molar-refractivity contribution is 0.148. The van der Waals surface area contributed by atoms with Gasteiger partial charge in [0.1, 0.15) is 18.0 Å². The number of para-hydroxylation sites is 1. The number of rotatable bonds is 7. The second kappa shape index (κ2) is 9.48. The van der Waals surface area contributed by atoms with Crippen LogP contribution in [0, 0.1) is 18.7 Å². The van der Waals surface area contributed by atoms with Crippen LogP contribution in [0.2, 0.25) is 0 Å². The van der Waals surface area contributed by atoms with Crippen LogP contribution < -0.4 is 5.32 Å². The Morgan fingerprint density at radius 3 is 2.45 bits per heavy atom. The van der Waals surface area contributed by atoms with E-state index < -0.39 is 17.8 Å². The molecular weight excluding hydrogens is 429 g/mol. The molecule has 2 atom stereocenters. The number of halogens is 3. The van der Waals surface area contributed by atoms with Crippen LogP contribution in [0.4, 0.5) is 19.0 Å². The van der Waals surface area contributed by atoms with Gasteiger partial charge in [-0.05, 0) is 24.3 Å². The number of benzene rings is 1. The quantitative estimate of drug-likeness (QED) is 0.387. The van der Waals surface area contributed by atoms with E-state index in [1.54, 1.807) is 18.5 Å². The number of nitrogens with one attached hydrogen (secondary N) is 1. The average Bonchev–Trinajstić information content (AvgIpc) is 2.82. The van der Waals surface area contributed by atoms with E-state index in [2.05, 4.69) is 30.2 Å². The summed E-state index contributed by atoms with van der Waals surface area (Å²) < 4.78 is 40.8. The Labute approximate surface area is 189 Å². The van der Waals surface area contributed by atoms with Crippen LogP contribution >= 0.6 is 0 Å². The molecule has 0 radical (unpaired) electrons. The molecule has 0 aliphatic heterocycles. The summed E-state index contributed by atoms with van der Waals surface area (Å²) in [7, 11) is 0. The highest BCUT2D eigenvalue weighted by molar-refractivity contribution is 5.85. The standard InChI is InChI=1S/C24H23F3N6/c1-13(8-30-21-7-20(32-12-33-21)16-9-28-15(3)29-10-16)14(2)17-5-4-6-18-22(24(26)27)19(25)11-31-23(17)18/h4-7,9-14,24H,8H2,1-3H3,(H,30,32,33)/t13-,14?/m1/s1. The first-order valence-electron chi connectivity index (χ1n) is 10.5. The van der Waals surface area contributed by atoms with Gasteiger partial charge in [0, 0.05) is 36.0 Å². The summed E-state index contributed by atoms with van der Waals surface area (Å²) in [6.45, 7) is 6.43. The molecular formula is C24H23F3N6. The Balaban J connectivity index is 1.52. The van der Waals surface area contributed by atoms with Gasteiger partial charge >= 0.3 is 0 Å². The number of aromatic nitrogens is 5. The monoisotopic (exact) mass is 452 g/mol. The second-order valence-electron chi connectivity index (χ2n) is 8.02. The number of aryl methyl sites for hydroxylation is 1. The molecule has 4 rings (SSSR count). The number of nitrogens with zero attached hydrogens (tertiary/aromatic N) is 5. The predicted molar refractivity (Wildman–Crippen MR) is 121 cm³/mol. The van der Waals surface area contributed by atoms with Gasteiger partial charge in [0.25, 0.3) is 6.43 Å². The lowest BCUT2D eigenvalue weighted by atomic mass is 9.87. The summed E-state index contributed by atoms with van der Waals surface area (Å²) in [5, 5.41) is 3.46. The van der Waals surface area contributed by atoms with E-state index in [-0.39, 0.29) is 17.2 Å². The van der Waals surface area contributed by atoms with Crippen LogP contribution in [-0.4, -0.2) is 31.5 Å². The Kier molecular flexibility index (Phi) is 6.48. The van der Waals surface area contributed by atoms with E-state index in [1.165, 1.54) is 12.4 Å². The van der Waals surface area contributed by atoms with Gasteiger partial charge in [-0.3, -0.25) is 4.98 Å². The second-order valence-corrected chi connectivity index (χ2v) is 8.02. The molecule has 170 valence electrons. The molecule has 6 nitrogen and oxygen atoms in total. The number of alkyl halides is 2. The summed E-state index contributed by atoms with van der Waals surface area (Å²) in [5.41, 5.74) is 2.08. The van der Waals surface area contributed by atoms with Crippen LogP contribution in [0.15, 0.2) is 49.2 Å². The number of anilines is 1. The first-order chi connectivity index (χ1) is 15.8. The van der Waals surface area contributed by atoms with Crippen molar-refractivity contribution in [2.75, 3.05) is 11.9 Å². The fourth-order valence-corrected chi connectivity index (χ4v) is 3.72. The summed E-state index contributed by atoms with van der Waals surface area (Å²) in [6.07, 6.45) is 2.86. The summed E-state index contributed by atoms with van der Waals surface area (Å²) >= 11 is 0. The topological polar surface area (TPSA) is 76.5 Å². The molecule has 9 heteroatoms. The molecule has 33 heavy (non-hydrogen) atoms. The minimum atomic E-state index is -2.91. The highest BCUT2D eigenvalue weighted by Gasteiger charge is 2.22. The minimum Gasteiger partial charge on any atom is -0.370 e. The molecule has 0 saturated heterocycles. The third-order valence-electron chi connectivity index (χ3n) is 5.83. The highest BCUT2D eigenvalue weighted by atomic mass is 19.3. The van der Waals surface area contributed by atoms with E-state index >= 15 is 0 Å². The van der Waals surface area contributed by atoms with Crippen LogP contribution in [0.3, 0.4) is 0 Å². The lowest BCUT2D eigenvalue weighted by Gasteiger charge is -2.22. The average molecular weight is 452 g/mol. The highest BCUT2D eigenvalue weighted by Crippen LogP contribution is 2.35. The van der Waals surface area contributed by atoms with Crippen molar-refractivity contribution in [3.8, 4) is 11.3 Å². The van der Waals surface area contributed by atoms with Crippen LogP contribution in [0.25, 0.3) is 22.2 Å². The number of pyridine rings is 1. The first-order valence-corrected chi connectivity index (χ1v) is 10.5. The van der Waals surface area contributed by atoms with Gasteiger partial charge in [0.05, 0.1) is 23.0 Å². The maximum absolute atomic E-state index is 14.0. The van der Waals surface area contributed by atoms with Gasteiger partial charge in [0.2, 0.25) is 0 Å². The molecule has 1 unspecified atom stereocenters. The molecule has 3 heterocycles. The van der Waals surface area contributed by atoms with Crippen molar-refractivity contribution in [2.45, 2.75) is 33.1 Å². The lowest BCUT2D eigenvalue weighted by Crippen LogP contribution is -2.18. The first kappa shape index (κ1) is 22.6. The minimum absolute atomic E-state index is 0.0310. The molecule has 0 bridgehead atoms. The zero-order chi connectivity index (χ0) is 23.5. The molecule has 1 N–H and O–H groups in total.